The van der Waals surface area contributed by atoms with Gasteiger partial charge in [0, 0.05) is 16.3 Å². The van der Waals surface area contributed by atoms with Gasteiger partial charge in [0.1, 0.15) is 0 Å². The van der Waals surface area contributed by atoms with Crippen LogP contribution in [0.2, 0.25) is 0 Å². The first-order valence-corrected chi connectivity index (χ1v) is 8.80. The monoisotopic (exact) mass is 336 g/mol. The number of nitrogens with zero attached hydrogens (tertiary/aromatic N) is 1. The van der Waals surface area contributed by atoms with E-state index in [4.69, 9.17) is 0 Å². The molecule has 1 N–H and O–H groups in total. The highest BCUT2D eigenvalue weighted by Crippen LogP contribution is 2.31. The summed E-state index contributed by atoms with van der Waals surface area (Å²) in [6.45, 7) is 0. The van der Waals surface area contributed by atoms with Crippen molar-refractivity contribution in [1.29, 1.82) is 0 Å². The Morgan fingerprint density at radius 2 is 2.00 bits per heavy atom. The lowest BCUT2D eigenvalue weighted by molar-refractivity contribution is -0.111. The van der Waals surface area contributed by atoms with Crippen LogP contribution in [0.1, 0.15) is 4.88 Å². The van der Waals surface area contributed by atoms with E-state index in [0.29, 0.717) is 5.13 Å². The third-order valence-corrected chi connectivity index (χ3v) is 5.23. The molecule has 5 heteroatoms. The third kappa shape index (κ3) is 2.88. The van der Waals surface area contributed by atoms with Gasteiger partial charge in [0.25, 0.3) is 0 Å². The summed E-state index contributed by atoms with van der Waals surface area (Å²) in [7, 11) is 0. The van der Waals surface area contributed by atoms with Gasteiger partial charge in [0.05, 0.1) is 10.2 Å². The predicted molar refractivity (Wildman–Crippen MR) is 99.1 cm³/mol. The third-order valence-electron chi connectivity index (χ3n) is 3.46. The number of hydrogen-bond acceptors (Lipinski definition) is 4. The van der Waals surface area contributed by atoms with Crippen molar-refractivity contribution in [3.63, 3.8) is 0 Å². The van der Waals surface area contributed by atoms with Gasteiger partial charge in [-0.3, -0.25) is 10.1 Å². The predicted octanol–water partition coefficient (Wildman–Crippen LogP) is 5.16. The minimum Gasteiger partial charge on any atom is -0.298 e. The topological polar surface area (TPSA) is 42.0 Å². The second kappa shape index (κ2) is 5.95. The highest BCUT2D eigenvalue weighted by molar-refractivity contribution is 7.22. The zero-order chi connectivity index (χ0) is 15.6. The van der Waals surface area contributed by atoms with Crippen molar-refractivity contribution in [3.8, 4) is 0 Å². The van der Waals surface area contributed by atoms with Crippen molar-refractivity contribution in [3.05, 3.63) is 64.9 Å². The summed E-state index contributed by atoms with van der Waals surface area (Å²) in [4.78, 5) is 17.7. The molecule has 4 rings (SSSR count). The van der Waals surface area contributed by atoms with Crippen LogP contribution in [-0.2, 0) is 4.79 Å². The van der Waals surface area contributed by atoms with Crippen LogP contribution in [0.4, 0.5) is 5.13 Å². The Balaban J connectivity index is 1.62. The fourth-order valence-electron chi connectivity index (χ4n) is 2.41. The van der Waals surface area contributed by atoms with Crippen LogP contribution >= 0.6 is 22.7 Å². The van der Waals surface area contributed by atoms with Crippen LogP contribution in [0.25, 0.3) is 27.1 Å². The first-order chi connectivity index (χ1) is 11.3. The quantitative estimate of drug-likeness (QED) is 0.525. The second-order valence-electron chi connectivity index (χ2n) is 4.99. The van der Waals surface area contributed by atoms with E-state index in [9.17, 15) is 4.79 Å². The van der Waals surface area contributed by atoms with Gasteiger partial charge in [-0.25, -0.2) is 4.98 Å². The average molecular weight is 336 g/mol. The van der Waals surface area contributed by atoms with Crippen molar-refractivity contribution in [1.82, 2.24) is 4.98 Å². The molecule has 112 valence electrons. The van der Waals surface area contributed by atoms with E-state index in [1.807, 2.05) is 41.8 Å². The van der Waals surface area contributed by atoms with Gasteiger partial charge in [-0.2, -0.15) is 0 Å². The molecule has 4 aromatic rings. The smallest absolute Gasteiger partial charge is 0.250 e. The van der Waals surface area contributed by atoms with Crippen LogP contribution in [0.3, 0.4) is 0 Å². The Bertz CT molecular complexity index is 1020. The molecular weight excluding hydrogens is 324 g/mol. The molecule has 0 aliphatic carbocycles. The summed E-state index contributed by atoms with van der Waals surface area (Å²) in [5, 5.41) is 7.71. The summed E-state index contributed by atoms with van der Waals surface area (Å²) >= 11 is 3.09. The Hall–Kier alpha value is -2.50. The van der Waals surface area contributed by atoms with Crippen molar-refractivity contribution in [2.75, 3.05) is 5.32 Å². The highest BCUT2D eigenvalue weighted by Gasteiger charge is 2.08. The summed E-state index contributed by atoms with van der Waals surface area (Å²) < 4.78 is 1.07. The van der Waals surface area contributed by atoms with Crippen molar-refractivity contribution < 1.29 is 4.79 Å². The number of amides is 1. The largest absolute Gasteiger partial charge is 0.298 e. The number of fused-ring (bicyclic) bond motifs is 3. The van der Waals surface area contributed by atoms with Crippen LogP contribution < -0.4 is 5.32 Å². The number of thiazole rings is 1. The summed E-state index contributed by atoms with van der Waals surface area (Å²) in [6, 6.07) is 16.2. The maximum Gasteiger partial charge on any atom is 0.250 e. The molecule has 0 bridgehead atoms. The Kier molecular flexibility index (Phi) is 3.65. The van der Waals surface area contributed by atoms with Crippen LogP contribution in [-0.4, -0.2) is 10.9 Å². The fourth-order valence-corrected chi connectivity index (χ4v) is 3.91. The van der Waals surface area contributed by atoms with Crippen molar-refractivity contribution in [2.45, 2.75) is 0 Å². The van der Waals surface area contributed by atoms with E-state index in [1.165, 1.54) is 17.4 Å². The lowest BCUT2D eigenvalue weighted by Crippen LogP contribution is -2.06. The number of anilines is 1. The van der Waals surface area contributed by atoms with Gasteiger partial charge < -0.3 is 0 Å². The number of hydrogen-bond donors (Lipinski definition) is 1. The summed E-state index contributed by atoms with van der Waals surface area (Å²) in [5.74, 6) is -0.165. The minimum absolute atomic E-state index is 0.165. The Morgan fingerprint density at radius 1 is 1.09 bits per heavy atom. The van der Waals surface area contributed by atoms with Gasteiger partial charge in [-0.15, -0.1) is 11.3 Å². The average Bonchev–Trinajstić information content (AvgIpc) is 3.22. The van der Waals surface area contributed by atoms with E-state index in [2.05, 4.69) is 28.5 Å². The SMILES string of the molecule is O=C(C=Cc1cccs1)Nc1nc2c(ccc3ccccc32)s1. The van der Waals surface area contributed by atoms with Gasteiger partial charge in [-0.1, -0.05) is 47.7 Å². The Labute approximate surface area is 140 Å². The van der Waals surface area contributed by atoms with Gasteiger partial charge in [-0.05, 0) is 29.0 Å². The molecule has 0 spiro atoms. The van der Waals surface area contributed by atoms with Gasteiger partial charge in [0.2, 0.25) is 5.91 Å². The second-order valence-corrected chi connectivity index (χ2v) is 7.00. The number of benzene rings is 2. The molecule has 2 aromatic heterocycles. The molecule has 0 fully saturated rings. The molecular formula is C18H12N2OS2. The van der Waals surface area contributed by atoms with Crippen molar-refractivity contribution in [2.24, 2.45) is 0 Å². The number of thiophene rings is 1. The number of carbonyl (C=O) groups is 1. The first kappa shape index (κ1) is 14.1. The number of carbonyl (C=O) groups excluding carboxylic acids is 1. The molecule has 0 aliphatic rings. The molecule has 3 nitrogen and oxygen atoms in total. The van der Waals surface area contributed by atoms with E-state index in [1.54, 1.807) is 11.3 Å². The lowest BCUT2D eigenvalue weighted by Gasteiger charge is -1.96. The molecule has 0 radical (unpaired) electrons. The summed E-state index contributed by atoms with van der Waals surface area (Å²) in [5.41, 5.74) is 0.936. The van der Waals surface area contributed by atoms with Crippen LogP contribution in [0, 0.1) is 0 Å². The maximum absolute atomic E-state index is 12.0. The van der Waals surface area contributed by atoms with Gasteiger partial charge >= 0.3 is 0 Å². The number of aromatic nitrogens is 1. The lowest BCUT2D eigenvalue weighted by atomic mass is 10.1. The summed E-state index contributed by atoms with van der Waals surface area (Å²) in [6.07, 6.45) is 3.35. The zero-order valence-electron chi connectivity index (χ0n) is 12.0. The molecule has 1 amide bonds. The highest BCUT2D eigenvalue weighted by atomic mass is 32.1. The standard InChI is InChI=1S/C18H12N2OS2/c21-16(10-8-13-5-3-11-22-13)19-18-20-17-14-6-2-1-4-12(14)7-9-15(17)23-18/h1-11H,(H,19,20,21). The molecule has 0 aliphatic heterocycles. The minimum atomic E-state index is -0.165. The van der Waals surface area contributed by atoms with Crippen LogP contribution in [0.15, 0.2) is 60.0 Å². The molecule has 2 heterocycles. The molecule has 0 atom stereocenters. The normalized spacial score (nSPS) is 11.5. The Morgan fingerprint density at radius 3 is 2.87 bits per heavy atom. The maximum atomic E-state index is 12.0. The first-order valence-electron chi connectivity index (χ1n) is 7.10. The van der Waals surface area contributed by atoms with Crippen LogP contribution in [0.5, 0.6) is 0 Å². The van der Waals surface area contributed by atoms with Gasteiger partial charge in [0.15, 0.2) is 5.13 Å². The number of nitrogens with one attached hydrogen (secondary N) is 1. The molecule has 23 heavy (non-hydrogen) atoms. The zero-order valence-corrected chi connectivity index (χ0v) is 13.7. The van der Waals surface area contributed by atoms with E-state index < -0.39 is 0 Å². The van der Waals surface area contributed by atoms with Crippen molar-refractivity contribution >= 4 is 60.8 Å². The van der Waals surface area contributed by atoms with E-state index in [-0.39, 0.29) is 5.91 Å². The fraction of sp³-hybridized carbons (Fsp3) is 0. The molecule has 2 aromatic carbocycles. The van der Waals surface area contributed by atoms with E-state index >= 15 is 0 Å². The number of rotatable bonds is 3. The molecule has 0 unspecified atom stereocenters. The molecule has 0 saturated heterocycles. The molecule has 0 saturated carbocycles. The van der Waals surface area contributed by atoms with E-state index in [0.717, 1.165) is 25.9 Å².